The van der Waals surface area contributed by atoms with Crippen LogP contribution in [0.15, 0.2) is 43.8 Å². The van der Waals surface area contributed by atoms with Crippen LogP contribution < -0.4 is 0 Å². The van der Waals surface area contributed by atoms with E-state index in [1.165, 1.54) is 11.1 Å². The predicted octanol–water partition coefficient (Wildman–Crippen LogP) is 3.54. The lowest BCUT2D eigenvalue weighted by Gasteiger charge is -2.36. The van der Waals surface area contributed by atoms with Gasteiger partial charge in [0.05, 0.1) is 5.60 Å². The number of aromatic nitrogens is 1. The Morgan fingerprint density at radius 3 is 2.65 bits per heavy atom. The van der Waals surface area contributed by atoms with Crippen molar-refractivity contribution in [3.05, 3.63) is 54.9 Å². The van der Waals surface area contributed by atoms with Gasteiger partial charge in [-0.05, 0) is 36.5 Å². The number of hydrogen-bond acceptors (Lipinski definition) is 3. The zero-order chi connectivity index (χ0) is 14.2. The van der Waals surface area contributed by atoms with E-state index in [0.717, 1.165) is 25.0 Å². The average Bonchev–Trinajstić information content (AvgIpc) is 2.76. The van der Waals surface area contributed by atoms with Gasteiger partial charge in [0.2, 0.25) is 0 Å². The minimum Gasteiger partial charge on any atom is -0.388 e. The first-order valence-electron chi connectivity index (χ1n) is 7.21. The fraction of sp³-hybridized carbons (Fsp3) is 0.471. The number of fused-ring (bicyclic) bond motifs is 1. The van der Waals surface area contributed by atoms with Gasteiger partial charge in [0.15, 0.2) is 0 Å². The van der Waals surface area contributed by atoms with Crippen LogP contribution in [0.25, 0.3) is 0 Å². The van der Waals surface area contributed by atoms with Gasteiger partial charge in [-0.2, -0.15) is 11.8 Å². The molecule has 1 aromatic rings. The summed E-state index contributed by atoms with van der Waals surface area (Å²) in [4.78, 5) is 4.15. The Bertz CT molecular complexity index is 511. The van der Waals surface area contributed by atoms with Gasteiger partial charge in [-0.15, -0.1) is 13.2 Å². The Morgan fingerprint density at radius 2 is 2.05 bits per heavy atom. The highest BCUT2D eigenvalue weighted by Crippen LogP contribution is 2.49. The number of nitrogens with zero attached hydrogens (tertiary/aromatic N) is 1. The molecular weight excluding hydrogens is 266 g/mol. The maximum atomic E-state index is 11.1. The van der Waals surface area contributed by atoms with Crippen LogP contribution in [0.1, 0.15) is 29.2 Å². The first kappa shape index (κ1) is 13.9. The molecule has 0 bridgehead atoms. The second-order valence-electron chi connectivity index (χ2n) is 5.83. The molecule has 0 radical (unpaired) electrons. The zero-order valence-electron chi connectivity index (χ0n) is 11.7. The van der Waals surface area contributed by atoms with Crippen molar-refractivity contribution in [2.75, 3.05) is 5.75 Å². The largest absolute Gasteiger partial charge is 0.388 e. The van der Waals surface area contributed by atoms with E-state index in [1.807, 2.05) is 36.3 Å². The SMILES string of the molecule is C=C[C@@H]1CC[C@@H](C=C)C1(O)CSC1Cc2cnccc21. The van der Waals surface area contributed by atoms with Gasteiger partial charge in [0.25, 0.3) is 0 Å². The summed E-state index contributed by atoms with van der Waals surface area (Å²) in [5, 5.41) is 11.6. The number of pyridine rings is 1. The molecule has 20 heavy (non-hydrogen) atoms. The first-order chi connectivity index (χ1) is 9.69. The highest BCUT2D eigenvalue weighted by atomic mass is 32.2. The van der Waals surface area contributed by atoms with Crippen molar-refractivity contribution in [3.8, 4) is 0 Å². The third-order valence-electron chi connectivity index (χ3n) is 4.85. The van der Waals surface area contributed by atoms with Crippen molar-refractivity contribution in [1.29, 1.82) is 0 Å². The molecule has 1 heterocycles. The molecule has 1 N–H and O–H groups in total. The molecule has 3 heteroatoms. The molecule has 0 saturated heterocycles. The molecule has 1 saturated carbocycles. The Kier molecular flexibility index (Phi) is 3.74. The normalized spacial score (nSPS) is 30.4. The fourth-order valence-corrected chi connectivity index (χ4v) is 5.08. The summed E-state index contributed by atoms with van der Waals surface area (Å²) in [6.07, 6.45) is 10.8. The monoisotopic (exact) mass is 287 g/mol. The van der Waals surface area contributed by atoms with Crippen LogP contribution in [0.5, 0.6) is 0 Å². The van der Waals surface area contributed by atoms with Crippen LogP contribution in [0.2, 0.25) is 0 Å². The summed E-state index contributed by atoms with van der Waals surface area (Å²) in [5.74, 6) is 1.14. The summed E-state index contributed by atoms with van der Waals surface area (Å²) in [5.41, 5.74) is 2.07. The van der Waals surface area contributed by atoms with Crippen molar-refractivity contribution in [3.63, 3.8) is 0 Å². The number of thioether (sulfide) groups is 1. The second kappa shape index (κ2) is 5.38. The standard InChI is InChI=1S/C17H21NOS/c1-3-13-5-6-14(4-2)17(13,19)11-20-16-9-12-10-18-8-7-15(12)16/h3-4,7-8,10,13-14,16,19H,1-2,5-6,9,11H2/t13-,14-,16?/m1/s1. The molecule has 0 spiro atoms. The predicted molar refractivity (Wildman–Crippen MR) is 84.7 cm³/mol. The lowest BCUT2D eigenvalue weighted by molar-refractivity contribution is 0.0171. The van der Waals surface area contributed by atoms with Crippen molar-refractivity contribution in [2.45, 2.75) is 30.1 Å². The molecule has 1 unspecified atom stereocenters. The molecule has 1 fully saturated rings. The molecule has 2 aliphatic rings. The molecule has 3 rings (SSSR count). The number of aliphatic hydroxyl groups is 1. The van der Waals surface area contributed by atoms with Crippen LogP contribution in [0.3, 0.4) is 0 Å². The van der Waals surface area contributed by atoms with Crippen LogP contribution in [0.4, 0.5) is 0 Å². The summed E-state index contributed by atoms with van der Waals surface area (Å²) in [6, 6.07) is 2.10. The first-order valence-corrected chi connectivity index (χ1v) is 8.25. The van der Waals surface area contributed by atoms with Crippen molar-refractivity contribution in [2.24, 2.45) is 11.8 Å². The van der Waals surface area contributed by atoms with Gasteiger partial charge in [-0.1, -0.05) is 12.2 Å². The minimum atomic E-state index is -0.670. The van der Waals surface area contributed by atoms with Crippen LogP contribution in [-0.4, -0.2) is 21.4 Å². The van der Waals surface area contributed by atoms with Crippen LogP contribution >= 0.6 is 11.8 Å². The lowest BCUT2D eigenvalue weighted by atomic mass is 9.86. The maximum Gasteiger partial charge on any atom is 0.0862 e. The number of hydrogen-bond donors (Lipinski definition) is 1. The molecule has 0 amide bonds. The molecule has 2 aliphatic carbocycles. The van der Waals surface area contributed by atoms with Gasteiger partial charge in [-0.3, -0.25) is 4.98 Å². The quantitative estimate of drug-likeness (QED) is 0.841. The molecule has 1 aromatic heterocycles. The summed E-state index contributed by atoms with van der Waals surface area (Å²) >= 11 is 1.87. The van der Waals surface area contributed by atoms with Crippen LogP contribution in [0, 0.1) is 11.8 Å². The van der Waals surface area contributed by atoms with Gasteiger partial charge in [0, 0.05) is 35.2 Å². The highest BCUT2D eigenvalue weighted by Gasteiger charge is 2.46. The maximum absolute atomic E-state index is 11.1. The van der Waals surface area contributed by atoms with E-state index < -0.39 is 5.60 Å². The third-order valence-corrected chi connectivity index (χ3v) is 6.30. The topological polar surface area (TPSA) is 33.1 Å². The number of rotatable bonds is 5. The van der Waals surface area contributed by atoms with E-state index in [0.29, 0.717) is 5.25 Å². The third kappa shape index (κ3) is 2.13. The molecular formula is C17H21NOS. The van der Waals surface area contributed by atoms with E-state index in [9.17, 15) is 5.11 Å². The Balaban J connectivity index is 1.68. The van der Waals surface area contributed by atoms with E-state index in [2.05, 4.69) is 24.2 Å². The zero-order valence-corrected chi connectivity index (χ0v) is 12.5. The molecule has 0 aliphatic heterocycles. The molecule has 0 aromatic carbocycles. The Labute approximate surface area is 125 Å². The van der Waals surface area contributed by atoms with E-state index >= 15 is 0 Å². The van der Waals surface area contributed by atoms with Gasteiger partial charge < -0.3 is 5.11 Å². The van der Waals surface area contributed by atoms with Crippen LogP contribution in [-0.2, 0) is 6.42 Å². The summed E-state index contributed by atoms with van der Waals surface area (Å²) in [7, 11) is 0. The summed E-state index contributed by atoms with van der Waals surface area (Å²) < 4.78 is 0. The van der Waals surface area contributed by atoms with Gasteiger partial charge in [0.1, 0.15) is 0 Å². The average molecular weight is 287 g/mol. The van der Waals surface area contributed by atoms with Crippen molar-refractivity contribution >= 4 is 11.8 Å². The second-order valence-corrected chi connectivity index (χ2v) is 7.02. The Morgan fingerprint density at radius 1 is 1.35 bits per heavy atom. The summed E-state index contributed by atoms with van der Waals surface area (Å²) in [6.45, 7) is 7.78. The van der Waals surface area contributed by atoms with Crippen molar-refractivity contribution in [1.82, 2.24) is 4.98 Å². The Hall–Kier alpha value is -1.06. The van der Waals surface area contributed by atoms with Gasteiger partial charge >= 0.3 is 0 Å². The fourth-order valence-electron chi connectivity index (χ4n) is 3.48. The van der Waals surface area contributed by atoms with Crippen molar-refractivity contribution < 1.29 is 5.11 Å². The van der Waals surface area contributed by atoms with E-state index in [1.54, 1.807) is 0 Å². The molecule has 3 atom stereocenters. The smallest absolute Gasteiger partial charge is 0.0862 e. The highest BCUT2D eigenvalue weighted by molar-refractivity contribution is 7.99. The lowest BCUT2D eigenvalue weighted by Crippen LogP contribution is -2.41. The molecule has 2 nitrogen and oxygen atoms in total. The molecule has 106 valence electrons. The van der Waals surface area contributed by atoms with Gasteiger partial charge in [-0.25, -0.2) is 0 Å². The van der Waals surface area contributed by atoms with E-state index in [4.69, 9.17) is 0 Å². The minimum absolute atomic E-state index is 0.190. The van der Waals surface area contributed by atoms with E-state index in [-0.39, 0.29) is 11.8 Å².